The van der Waals surface area contributed by atoms with Gasteiger partial charge in [0.15, 0.2) is 0 Å². The van der Waals surface area contributed by atoms with Gasteiger partial charge >= 0.3 is 0 Å². The lowest BCUT2D eigenvalue weighted by Gasteiger charge is -2.47. The number of nitrogens with one attached hydrogen (secondary N) is 2. The first kappa shape index (κ1) is 10.4. The number of amidine groups is 1. The molecule has 0 aromatic heterocycles. The van der Waals surface area contributed by atoms with Crippen LogP contribution in [0, 0.1) is 5.92 Å². The highest BCUT2D eigenvalue weighted by Crippen LogP contribution is 2.35. The number of hydrazine groups is 1. The zero-order chi connectivity index (χ0) is 11.2. The van der Waals surface area contributed by atoms with Gasteiger partial charge in [-0.25, -0.2) is 5.01 Å². The van der Waals surface area contributed by atoms with Gasteiger partial charge in [0.05, 0.1) is 5.75 Å². The molecular weight excluding hydrogens is 224 g/mol. The summed E-state index contributed by atoms with van der Waals surface area (Å²) in [5.74, 6) is 1.10. The molecule has 2 N–H and O–H groups in total. The van der Waals surface area contributed by atoms with Crippen molar-refractivity contribution in [1.29, 1.82) is 0 Å². The zero-order valence-corrected chi connectivity index (χ0v) is 10.1. The van der Waals surface area contributed by atoms with Gasteiger partial charge in [-0.15, -0.1) is 0 Å². The molecule has 1 saturated carbocycles. The van der Waals surface area contributed by atoms with Crippen molar-refractivity contribution in [1.82, 2.24) is 15.9 Å². The Balaban J connectivity index is 1.87. The molecule has 1 amide bonds. The number of carbonyl (C=O) groups is 1. The summed E-state index contributed by atoms with van der Waals surface area (Å²) in [6.45, 7) is 2.22. The van der Waals surface area contributed by atoms with E-state index in [1.165, 1.54) is 31.0 Å². The van der Waals surface area contributed by atoms with Crippen LogP contribution in [0.2, 0.25) is 0 Å². The molecule has 2 fully saturated rings. The first-order valence-corrected chi connectivity index (χ1v) is 6.78. The van der Waals surface area contributed by atoms with Gasteiger partial charge < -0.3 is 0 Å². The summed E-state index contributed by atoms with van der Waals surface area (Å²) in [4.78, 5) is 11.7. The lowest BCUT2D eigenvalue weighted by Crippen LogP contribution is -2.69. The molecule has 0 bridgehead atoms. The van der Waals surface area contributed by atoms with E-state index < -0.39 is 0 Å². The topological polar surface area (TPSA) is 56.7 Å². The quantitative estimate of drug-likeness (QED) is 0.659. The SMILES string of the molecule is C[C@@H]1CCCC[C@]12NN=C1SCC(=O)N1N2. The smallest absolute Gasteiger partial charge is 0.253 e. The van der Waals surface area contributed by atoms with Gasteiger partial charge in [0.2, 0.25) is 5.17 Å². The van der Waals surface area contributed by atoms with Crippen molar-refractivity contribution in [2.75, 3.05) is 5.75 Å². The van der Waals surface area contributed by atoms with Crippen LogP contribution < -0.4 is 10.9 Å². The Kier molecular flexibility index (Phi) is 2.36. The molecule has 88 valence electrons. The molecule has 2 heterocycles. The van der Waals surface area contributed by atoms with E-state index >= 15 is 0 Å². The van der Waals surface area contributed by atoms with Crippen molar-refractivity contribution < 1.29 is 4.79 Å². The molecule has 0 aromatic rings. The minimum absolute atomic E-state index is 0.113. The number of fused-ring (bicyclic) bond motifs is 1. The minimum Gasteiger partial charge on any atom is -0.285 e. The summed E-state index contributed by atoms with van der Waals surface area (Å²) in [7, 11) is 0. The van der Waals surface area contributed by atoms with Crippen LogP contribution in [0.1, 0.15) is 32.6 Å². The Morgan fingerprint density at radius 1 is 1.56 bits per heavy atom. The lowest BCUT2D eigenvalue weighted by molar-refractivity contribution is -0.130. The van der Waals surface area contributed by atoms with E-state index in [2.05, 4.69) is 22.9 Å². The van der Waals surface area contributed by atoms with Gasteiger partial charge in [-0.1, -0.05) is 25.1 Å². The number of carbonyl (C=O) groups excluding carboxylic acids is 1. The maximum Gasteiger partial charge on any atom is 0.253 e. The van der Waals surface area contributed by atoms with E-state index in [0.717, 1.165) is 11.6 Å². The number of hydrogen-bond donors (Lipinski definition) is 2. The fourth-order valence-corrected chi connectivity index (χ4v) is 3.37. The molecule has 0 aromatic carbocycles. The fraction of sp³-hybridized carbons (Fsp3) is 0.800. The number of thioether (sulfide) groups is 1. The molecule has 2 atom stereocenters. The van der Waals surface area contributed by atoms with Gasteiger partial charge in [0.1, 0.15) is 5.66 Å². The summed E-state index contributed by atoms with van der Waals surface area (Å²) in [5.41, 5.74) is 6.38. The highest BCUT2D eigenvalue weighted by Gasteiger charge is 2.45. The predicted molar refractivity (Wildman–Crippen MR) is 63.4 cm³/mol. The van der Waals surface area contributed by atoms with E-state index in [9.17, 15) is 4.79 Å². The fourth-order valence-electron chi connectivity index (χ4n) is 2.61. The molecular formula is C10H16N4OS. The van der Waals surface area contributed by atoms with Crippen LogP contribution in [0.25, 0.3) is 0 Å². The second kappa shape index (κ2) is 3.63. The van der Waals surface area contributed by atoms with Crippen molar-refractivity contribution in [3.05, 3.63) is 0 Å². The zero-order valence-electron chi connectivity index (χ0n) is 9.32. The van der Waals surface area contributed by atoms with Crippen molar-refractivity contribution in [2.45, 2.75) is 38.3 Å². The molecule has 1 saturated heterocycles. The second-order valence-electron chi connectivity index (χ2n) is 4.75. The Bertz CT molecular complexity index is 359. The van der Waals surface area contributed by atoms with Gasteiger partial charge in [0, 0.05) is 0 Å². The molecule has 1 spiro atoms. The monoisotopic (exact) mass is 240 g/mol. The van der Waals surface area contributed by atoms with Crippen LogP contribution in [0.5, 0.6) is 0 Å². The summed E-state index contributed by atoms with van der Waals surface area (Å²) < 4.78 is 0. The van der Waals surface area contributed by atoms with Crippen LogP contribution >= 0.6 is 11.8 Å². The van der Waals surface area contributed by atoms with E-state index in [1.807, 2.05) is 0 Å². The number of nitrogens with zero attached hydrogens (tertiary/aromatic N) is 2. The molecule has 0 radical (unpaired) electrons. The van der Waals surface area contributed by atoms with Gasteiger partial charge in [-0.05, 0) is 25.2 Å². The van der Waals surface area contributed by atoms with E-state index in [-0.39, 0.29) is 11.6 Å². The summed E-state index contributed by atoms with van der Waals surface area (Å²) in [5, 5.41) is 6.73. The highest BCUT2D eigenvalue weighted by atomic mass is 32.2. The van der Waals surface area contributed by atoms with Crippen molar-refractivity contribution in [3.63, 3.8) is 0 Å². The van der Waals surface area contributed by atoms with Crippen LogP contribution in [-0.4, -0.2) is 27.5 Å². The molecule has 1 aliphatic carbocycles. The van der Waals surface area contributed by atoms with Crippen LogP contribution in [0.4, 0.5) is 0 Å². The molecule has 3 rings (SSSR count). The van der Waals surface area contributed by atoms with Crippen molar-refractivity contribution >= 4 is 22.8 Å². The summed E-state index contributed by atoms with van der Waals surface area (Å²) in [6, 6.07) is 0. The second-order valence-corrected chi connectivity index (χ2v) is 5.70. The van der Waals surface area contributed by atoms with Gasteiger partial charge in [0.25, 0.3) is 5.91 Å². The third kappa shape index (κ3) is 1.43. The maximum absolute atomic E-state index is 11.7. The van der Waals surface area contributed by atoms with Crippen molar-refractivity contribution in [3.8, 4) is 0 Å². The molecule has 0 unspecified atom stereocenters. The van der Waals surface area contributed by atoms with E-state index in [4.69, 9.17) is 0 Å². The summed E-state index contributed by atoms with van der Waals surface area (Å²) >= 11 is 1.48. The van der Waals surface area contributed by atoms with Gasteiger partial charge in [-0.2, -0.15) is 10.5 Å². The maximum atomic E-state index is 11.7. The van der Waals surface area contributed by atoms with Crippen LogP contribution in [0.3, 0.4) is 0 Å². The van der Waals surface area contributed by atoms with Crippen molar-refractivity contribution in [2.24, 2.45) is 11.0 Å². The standard InChI is InChI=1S/C10H16N4OS/c1-7-4-2-3-5-10(7)12-11-9-14(13-10)8(15)6-16-9/h7,12-13H,2-6H2,1H3/t7-,10-/m1/s1. The number of rotatable bonds is 0. The van der Waals surface area contributed by atoms with E-state index in [1.54, 1.807) is 5.01 Å². The third-order valence-electron chi connectivity index (χ3n) is 3.73. The first-order valence-electron chi connectivity index (χ1n) is 5.80. The Labute approximate surface area is 99.0 Å². The normalized spacial score (nSPS) is 38.3. The number of amides is 1. The molecule has 6 heteroatoms. The summed E-state index contributed by atoms with van der Waals surface area (Å²) in [6.07, 6.45) is 4.66. The Morgan fingerprint density at radius 3 is 3.25 bits per heavy atom. The average Bonchev–Trinajstić information content (AvgIpc) is 2.65. The predicted octanol–water partition coefficient (Wildman–Crippen LogP) is 0.847. The Hall–Kier alpha value is -0.750. The lowest BCUT2D eigenvalue weighted by atomic mass is 9.80. The third-order valence-corrected chi connectivity index (χ3v) is 4.65. The average molecular weight is 240 g/mol. The number of hydrogen-bond acceptors (Lipinski definition) is 5. The molecule has 3 aliphatic rings. The first-order chi connectivity index (χ1) is 7.71. The highest BCUT2D eigenvalue weighted by molar-refractivity contribution is 8.15. The Morgan fingerprint density at radius 2 is 2.44 bits per heavy atom. The number of hydrazone groups is 1. The molecule has 2 aliphatic heterocycles. The largest absolute Gasteiger partial charge is 0.285 e. The van der Waals surface area contributed by atoms with Crippen LogP contribution in [-0.2, 0) is 4.79 Å². The molecule has 16 heavy (non-hydrogen) atoms. The van der Waals surface area contributed by atoms with Gasteiger partial charge in [-0.3, -0.25) is 10.2 Å². The van der Waals surface area contributed by atoms with Crippen LogP contribution in [0.15, 0.2) is 5.10 Å². The minimum atomic E-state index is -0.206. The van der Waals surface area contributed by atoms with E-state index in [0.29, 0.717) is 11.7 Å². The molecule has 5 nitrogen and oxygen atoms in total.